The van der Waals surface area contributed by atoms with Crippen molar-refractivity contribution < 1.29 is 9.90 Å². The van der Waals surface area contributed by atoms with E-state index >= 15 is 0 Å². The molecule has 0 bridgehead atoms. The van der Waals surface area contributed by atoms with Crippen LogP contribution in [0.25, 0.3) is 0 Å². The number of nitrogens with one attached hydrogen (secondary N) is 2. The number of hydrogen-bond acceptors (Lipinski definition) is 4. The van der Waals surface area contributed by atoms with E-state index in [9.17, 15) is 14.7 Å². The summed E-state index contributed by atoms with van der Waals surface area (Å²) in [6.45, 7) is 2.00. The normalized spacial score (nSPS) is 10.5. The van der Waals surface area contributed by atoms with Gasteiger partial charge in [-0.2, -0.15) is 0 Å². The molecule has 0 spiro atoms. The van der Waals surface area contributed by atoms with Crippen molar-refractivity contribution in [2.45, 2.75) is 13.5 Å². The van der Waals surface area contributed by atoms with Crippen molar-refractivity contribution in [3.63, 3.8) is 0 Å². The van der Waals surface area contributed by atoms with E-state index in [1.807, 2.05) is 30.3 Å². The standard InChI is InChI=1S/C15H17N3O3S/c1-10-12(13(22)17-15(21)16-10)14(20)18(7-8-19)9-11-5-3-2-4-6-11/h2-6,19H,7-9H2,1H3,(H2,16,17,21,22). The predicted molar refractivity (Wildman–Crippen MR) is 85.3 cm³/mol. The summed E-state index contributed by atoms with van der Waals surface area (Å²) in [5.41, 5.74) is 1.16. The number of carbonyl (C=O) groups excluding carboxylic acids is 1. The van der Waals surface area contributed by atoms with Gasteiger partial charge in [0.25, 0.3) is 5.91 Å². The highest BCUT2D eigenvalue weighted by Crippen LogP contribution is 2.12. The van der Waals surface area contributed by atoms with E-state index in [2.05, 4.69) is 9.97 Å². The molecule has 1 amide bonds. The SMILES string of the molecule is Cc1[nH]c(=O)[nH]c(=S)c1C(=O)N(CCO)Cc1ccccc1. The monoisotopic (exact) mass is 319 g/mol. The first-order chi connectivity index (χ1) is 10.5. The fraction of sp³-hybridized carbons (Fsp3) is 0.267. The molecule has 0 saturated heterocycles. The fourth-order valence-corrected chi connectivity index (χ4v) is 2.53. The topological polar surface area (TPSA) is 89.2 Å². The average Bonchev–Trinajstić information content (AvgIpc) is 2.46. The number of benzene rings is 1. The van der Waals surface area contributed by atoms with Crippen LogP contribution in [0.1, 0.15) is 21.6 Å². The highest BCUT2D eigenvalue weighted by molar-refractivity contribution is 7.71. The number of aryl methyl sites for hydroxylation is 1. The Balaban J connectivity index is 2.35. The van der Waals surface area contributed by atoms with Gasteiger partial charge in [0.1, 0.15) is 4.64 Å². The molecular formula is C15H17N3O3S. The zero-order valence-electron chi connectivity index (χ0n) is 12.1. The Morgan fingerprint density at radius 1 is 1.27 bits per heavy atom. The van der Waals surface area contributed by atoms with Crippen LogP contribution in [0.5, 0.6) is 0 Å². The Hall–Kier alpha value is -2.25. The lowest BCUT2D eigenvalue weighted by Crippen LogP contribution is -2.34. The molecule has 0 aliphatic heterocycles. The minimum atomic E-state index is -0.448. The first-order valence-corrected chi connectivity index (χ1v) is 7.21. The Labute approximate surface area is 132 Å². The van der Waals surface area contributed by atoms with Gasteiger partial charge in [0.15, 0.2) is 0 Å². The number of aliphatic hydroxyl groups is 1. The molecule has 0 aliphatic rings. The third-order valence-electron chi connectivity index (χ3n) is 3.22. The highest BCUT2D eigenvalue weighted by Gasteiger charge is 2.20. The van der Waals surface area contributed by atoms with Gasteiger partial charge < -0.3 is 15.0 Å². The number of aromatic nitrogens is 2. The molecule has 6 nitrogen and oxygen atoms in total. The van der Waals surface area contributed by atoms with Crippen LogP contribution in [0.4, 0.5) is 0 Å². The van der Waals surface area contributed by atoms with Crippen molar-refractivity contribution in [3.05, 3.63) is 62.3 Å². The quantitative estimate of drug-likeness (QED) is 0.726. The minimum Gasteiger partial charge on any atom is -0.395 e. The maximum absolute atomic E-state index is 12.7. The Kier molecular flexibility index (Phi) is 5.24. The molecule has 1 aromatic heterocycles. The van der Waals surface area contributed by atoms with Gasteiger partial charge in [-0.15, -0.1) is 0 Å². The summed E-state index contributed by atoms with van der Waals surface area (Å²) in [5, 5.41) is 9.21. The van der Waals surface area contributed by atoms with Gasteiger partial charge in [-0.05, 0) is 12.5 Å². The molecule has 0 aliphatic carbocycles. The number of aromatic amines is 2. The predicted octanol–water partition coefficient (Wildman–Crippen LogP) is 1.38. The Morgan fingerprint density at radius 3 is 2.55 bits per heavy atom. The van der Waals surface area contributed by atoms with E-state index in [4.69, 9.17) is 12.2 Å². The summed E-state index contributed by atoms with van der Waals surface area (Å²) in [6, 6.07) is 9.46. The van der Waals surface area contributed by atoms with Crippen LogP contribution in [0.2, 0.25) is 0 Å². The summed E-state index contributed by atoms with van der Waals surface area (Å²) in [7, 11) is 0. The zero-order valence-corrected chi connectivity index (χ0v) is 12.9. The third kappa shape index (κ3) is 3.69. The van der Waals surface area contributed by atoms with Gasteiger partial charge in [0, 0.05) is 18.8 Å². The van der Waals surface area contributed by atoms with Crippen molar-refractivity contribution in [1.29, 1.82) is 0 Å². The number of rotatable bonds is 5. The summed E-state index contributed by atoms with van der Waals surface area (Å²) in [4.78, 5) is 30.5. The summed E-state index contributed by atoms with van der Waals surface area (Å²) >= 11 is 5.09. The fourth-order valence-electron chi connectivity index (χ4n) is 2.19. The molecule has 7 heteroatoms. The van der Waals surface area contributed by atoms with Crippen LogP contribution in [0, 0.1) is 11.6 Å². The van der Waals surface area contributed by atoms with Crippen molar-refractivity contribution in [2.75, 3.05) is 13.2 Å². The van der Waals surface area contributed by atoms with Gasteiger partial charge >= 0.3 is 5.69 Å². The van der Waals surface area contributed by atoms with Crippen LogP contribution >= 0.6 is 12.2 Å². The second-order valence-corrected chi connectivity index (χ2v) is 5.25. The molecule has 22 heavy (non-hydrogen) atoms. The molecule has 0 unspecified atom stereocenters. The second-order valence-electron chi connectivity index (χ2n) is 4.84. The van der Waals surface area contributed by atoms with Gasteiger partial charge in [0.2, 0.25) is 0 Å². The maximum atomic E-state index is 12.7. The van der Waals surface area contributed by atoms with E-state index in [1.54, 1.807) is 6.92 Å². The number of amides is 1. The third-order valence-corrected chi connectivity index (χ3v) is 3.52. The maximum Gasteiger partial charge on any atom is 0.324 e. The molecular weight excluding hydrogens is 302 g/mol. The Morgan fingerprint density at radius 2 is 1.95 bits per heavy atom. The van der Waals surface area contributed by atoms with Crippen LogP contribution in [-0.2, 0) is 6.54 Å². The molecule has 116 valence electrons. The largest absolute Gasteiger partial charge is 0.395 e. The highest BCUT2D eigenvalue weighted by atomic mass is 32.1. The molecule has 3 N–H and O–H groups in total. The van der Waals surface area contributed by atoms with E-state index in [1.165, 1.54) is 4.90 Å². The molecule has 0 saturated carbocycles. The van der Waals surface area contributed by atoms with Gasteiger partial charge in [0.05, 0.1) is 12.2 Å². The molecule has 0 atom stereocenters. The molecule has 2 aromatic rings. The number of aliphatic hydroxyl groups excluding tert-OH is 1. The van der Waals surface area contributed by atoms with Gasteiger partial charge in [-0.3, -0.25) is 9.78 Å². The van der Waals surface area contributed by atoms with Crippen molar-refractivity contribution in [2.24, 2.45) is 0 Å². The smallest absolute Gasteiger partial charge is 0.324 e. The number of carbonyl (C=O) groups is 1. The average molecular weight is 319 g/mol. The molecule has 1 heterocycles. The number of nitrogens with zero attached hydrogens (tertiary/aromatic N) is 1. The van der Waals surface area contributed by atoms with Crippen LogP contribution < -0.4 is 5.69 Å². The lowest BCUT2D eigenvalue weighted by Gasteiger charge is -2.22. The summed E-state index contributed by atoms with van der Waals surface area (Å²) in [5.74, 6) is -0.326. The number of H-pyrrole nitrogens is 2. The van der Waals surface area contributed by atoms with Crippen LogP contribution in [-0.4, -0.2) is 39.0 Å². The van der Waals surface area contributed by atoms with Gasteiger partial charge in [-0.25, -0.2) is 4.79 Å². The van der Waals surface area contributed by atoms with E-state index < -0.39 is 5.69 Å². The van der Waals surface area contributed by atoms with Crippen LogP contribution in [0.15, 0.2) is 35.1 Å². The lowest BCUT2D eigenvalue weighted by molar-refractivity contribution is 0.0705. The first kappa shape index (κ1) is 16.1. The zero-order chi connectivity index (χ0) is 16.1. The van der Waals surface area contributed by atoms with E-state index in [0.29, 0.717) is 12.2 Å². The van der Waals surface area contributed by atoms with Crippen LogP contribution in [0.3, 0.4) is 0 Å². The van der Waals surface area contributed by atoms with Crippen molar-refractivity contribution >= 4 is 18.1 Å². The number of hydrogen-bond donors (Lipinski definition) is 3. The van der Waals surface area contributed by atoms with E-state index in [0.717, 1.165) is 5.56 Å². The first-order valence-electron chi connectivity index (χ1n) is 6.80. The van der Waals surface area contributed by atoms with E-state index in [-0.39, 0.29) is 29.3 Å². The van der Waals surface area contributed by atoms with Crippen molar-refractivity contribution in [1.82, 2.24) is 14.9 Å². The summed E-state index contributed by atoms with van der Waals surface area (Å²) < 4.78 is 0.0993. The molecule has 0 fully saturated rings. The molecule has 0 radical (unpaired) electrons. The van der Waals surface area contributed by atoms with Gasteiger partial charge in [-0.1, -0.05) is 42.5 Å². The lowest BCUT2D eigenvalue weighted by atomic mass is 10.1. The van der Waals surface area contributed by atoms with Crippen molar-refractivity contribution in [3.8, 4) is 0 Å². The molecule has 2 rings (SSSR count). The second kappa shape index (κ2) is 7.15. The molecule has 1 aromatic carbocycles. The minimum absolute atomic E-state index is 0.0993. The Bertz CT molecular complexity index is 768. The summed E-state index contributed by atoms with van der Waals surface area (Å²) in [6.07, 6.45) is 0.